The van der Waals surface area contributed by atoms with E-state index in [-0.39, 0.29) is 5.97 Å². The predicted molar refractivity (Wildman–Crippen MR) is 88.7 cm³/mol. The van der Waals surface area contributed by atoms with Crippen LogP contribution < -0.4 is 9.47 Å². The molecule has 0 fully saturated rings. The number of carboxylic acid groups (broad SMARTS) is 1. The summed E-state index contributed by atoms with van der Waals surface area (Å²) in [6.07, 6.45) is 4.74. The molecular weight excluding hydrogens is 296 g/mol. The minimum absolute atomic E-state index is 0.298. The summed E-state index contributed by atoms with van der Waals surface area (Å²) in [5, 5.41) is 8.98. The van der Waals surface area contributed by atoms with Gasteiger partial charge in [-0.3, -0.25) is 4.79 Å². The first-order valence-corrected chi connectivity index (χ1v) is 7.84. The smallest absolute Gasteiger partial charge is 0.328 e. The Hall–Kier alpha value is -2.30. The van der Waals surface area contributed by atoms with Crippen LogP contribution in [0, 0.1) is 0 Å². The summed E-state index contributed by atoms with van der Waals surface area (Å²) in [6, 6.07) is 5.09. The van der Waals surface area contributed by atoms with Crippen molar-refractivity contribution in [2.45, 2.75) is 46.0 Å². The molecule has 1 aromatic carbocycles. The molecule has 5 nitrogen and oxygen atoms in total. The number of carboxylic acids is 1. The van der Waals surface area contributed by atoms with Crippen molar-refractivity contribution < 1.29 is 24.2 Å². The molecule has 126 valence electrons. The molecule has 0 saturated heterocycles. The molecule has 23 heavy (non-hydrogen) atoms. The van der Waals surface area contributed by atoms with Crippen molar-refractivity contribution in [3.05, 3.63) is 29.8 Å². The number of allylic oxidation sites excluding steroid dienone is 1. The van der Waals surface area contributed by atoms with Gasteiger partial charge in [-0.1, -0.05) is 32.8 Å². The zero-order chi connectivity index (χ0) is 17.2. The molecule has 0 saturated carbocycles. The van der Waals surface area contributed by atoms with Gasteiger partial charge in [0.25, 0.3) is 0 Å². The number of ether oxygens (including phenoxy) is 2. The fourth-order valence-electron chi connectivity index (χ4n) is 2.16. The second kappa shape index (κ2) is 9.66. The average Bonchev–Trinajstić information content (AvgIpc) is 2.52. The van der Waals surface area contributed by atoms with Crippen molar-refractivity contribution in [1.82, 2.24) is 0 Å². The molecule has 0 heterocycles. The van der Waals surface area contributed by atoms with Gasteiger partial charge in [-0.25, -0.2) is 4.79 Å². The van der Waals surface area contributed by atoms with E-state index in [0.29, 0.717) is 29.9 Å². The molecule has 0 amide bonds. The van der Waals surface area contributed by atoms with Gasteiger partial charge in [0.05, 0.1) is 7.11 Å². The first kappa shape index (κ1) is 18.7. The topological polar surface area (TPSA) is 72.8 Å². The number of rotatable bonds is 9. The fraction of sp³-hybridized carbons (Fsp3) is 0.444. The fourth-order valence-corrected chi connectivity index (χ4v) is 2.16. The highest BCUT2D eigenvalue weighted by Crippen LogP contribution is 2.32. The quantitative estimate of drug-likeness (QED) is 0.422. The number of esters is 1. The minimum atomic E-state index is -0.984. The van der Waals surface area contributed by atoms with Gasteiger partial charge in [0, 0.05) is 12.5 Å². The first-order valence-electron chi connectivity index (χ1n) is 7.84. The third-order valence-electron chi connectivity index (χ3n) is 3.31. The zero-order valence-corrected chi connectivity index (χ0v) is 13.9. The van der Waals surface area contributed by atoms with E-state index in [2.05, 4.69) is 0 Å². The number of hydrogen-bond donors (Lipinski definition) is 1. The zero-order valence-electron chi connectivity index (χ0n) is 13.9. The van der Waals surface area contributed by atoms with Crippen molar-refractivity contribution in [1.29, 1.82) is 0 Å². The van der Waals surface area contributed by atoms with Gasteiger partial charge in [-0.05, 0) is 36.1 Å². The number of hydrogen-bond acceptors (Lipinski definition) is 4. The van der Waals surface area contributed by atoms with E-state index in [1.807, 2.05) is 13.8 Å². The molecule has 0 aliphatic heterocycles. The molecule has 0 spiro atoms. The van der Waals surface area contributed by atoms with Crippen LogP contribution in [0.2, 0.25) is 0 Å². The predicted octanol–water partition coefficient (Wildman–Crippen LogP) is 4.06. The van der Waals surface area contributed by atoms with E-state index in [0.717, 1.165) is 24.8 Å². The van der Waals surface area contributed by atoms with Gasteiger partial charge >= 0.3 is 11.9 Å². The van der Waals surface area contributed by atoms with Gasteiger partial charge in [-0.15, -0.1) is 0 Å². The van der Waals surface area contributed by atoms with Crippen LogP contribution in [0.1, 0.15) is 51.5 Å². The Kier molecular flexibility index (Phi) is 7.88. The maximum atomic E-state index is 11.7. The summed E-state index contributed by atoms with van der Waals surface area (Å²) < 4.78 is 10.6. The molecule has 0 radical (unpaired) electrons. The molecular formula is C18H24O5. The van der Waals surface area contributed by atoms with Gasteiger partial charge in [0.15, 0.2) is 11.5 Å². The molecule has 0 aliphatic rings. The number of benzene rings is 1. The molecule has 0 aromatic heterocycles. The Bertz CT molecular complexity index is 575. The molecule has 0 atom stereocenters. The lowest BCUT2D eigenvalue weighted by Gasteiger charge is -2.12. The monoisotopic (exact) mass is 320 g/mol. The highest BCUT2D eigenvalue weighted by Gasteiger charge is 2.12. The molecule has 0 aliphatic carbocycles. The van der Waals surface area contributed by atoms with Crippen LogP contribution in [0.3, 0.4) is 0 Å². The SMILES string of the molecule is CCCCC(=O)Oc1ccc(C(=CC(=O)O)CCC)cc1OC. The Morgan fingerprint density at radius 1 is 1.13 bits per heavy atom. The minimum Gasteiger partial charge on any atom is -0.493 e. The van der Waals surface area contributed by atoms with Crippen molar-refractivity contribution in [2.75, 3.05) is 7.11 Å². The second-order valence-corrected chi connectivity index (χ2v) is 5.20. The van der Waals surface area contributed by atoms with E-state index >= 15 is 0 Å². The first-order chi connectivity index (χ1) is 11.0. The van der Waals surface area contributed by atoms with Gasteiger partial charge in [0.1, 0.15) is 0 Å². The Morgan fingerprint density at radius 2 is 1.87 bits per heavy atom. The summed E-state index contributed by atoms with van der Waals surface area (Å²) >= 11 is 0. The number of carbonyl (C=O) groups is 2. The van der Waals surface area contributed by atoms with Crippen molar-refractivity contribution in [3.63, 3.8) is 0 Å². The van der Waals surface area contributed by atoms with E-state index in [9.17, 15) is 9.59 Å². The van der Waals surface area contributed by atoms with Crippen LogP contribution in [-0.4, -0.2) is 24.2 Å². The molecule has 5 heteroatoms. The number of methoxy groups -OCH3 is 1. The Balaban J connectivity index is 3.02. The van der Waals surface area contributed by atoms with Crippen molar-refractivity contribution in [3.8, 4) is 11.5 Å². The van der Waals surface area contributed by atoms with E-state index < -0.39 is 5.97 Å². The maximum absolute atomic E-state index is 11.7. The lowest BCUT2D eigenvalue weighted by atomic mass is 10.0. The molecule has 1 aromatic rings. The third-order valence-corrected chi connectivity index (χ3v) is 3.31. The standard InChI is InChI=1S/C18H24O5/c1-4-6-8-18(21)23-15-10-9-14(11-16(15)22-3)13(7-5-2)12-17(19)20/h9-12H,4-8H2,1-3H3,(H,19,20). The normalized spacial score (nSPS) is 11.2. The average molecular weight is 320 g/mol. The van der Waals surface area contributed by atoms with Crippen molar-refractivity contribution in [2.24, 2.45) is 0 Å². The molecule has 0 bridgehead atoms. The van der Waals surface area contributed by atoms with Gasteiger partial charge in [0.2, 0.25) is 0 Å². The lowest BCUT2D eigenvalue weighted by molar-refractivity contribution is -0.134. The van der Waals surface area contributed by atoms with Crippen LogP contribution >= 0.6 is 0 Å². The van der Waals surface area contributed by atoms with E-state index in [1.54, 1.807) is 18.2 Å². The Labute approximate surface area is 136 Å². The lowest BCUT2D eigenvalue weighted by Crippen LogP contribution is -2.08. The molecule has 0 unspecified atom stereocenters. The van der Waals surface area contributed by atoms with Gasteiger partial charge in [-0.2, -0.15) is 0 Å². The van der Waals surface area contributed by atoms with Gasteiger partial charge < -0.3 is 14.6 Å². The van der Waals surface area contributed by atoms with E-state index in [4.69, 9.17) is 14.6 Å². The molecule has 1 rings (SSSR count). The highest BCUT2D eigenvalue weighted by molar-refractivity contribution is 5.90. The molecule has 1 N–H and O–H groups in total. The highest BCUT2D eigenvalue weighted by atomic mass is 16.6. The number of aliphatic carboxylic acids is 1. The number of carbonyl (C=O) groups excluding carboxylic acids is 1. The number of unbranched alkanes of at least 4 members (excludes halogenated alkanes) is 1. The van der Waals surface area contributed by atoms with Crippen molar-refractivity contribution >= 4 is 17.5 Å². The Morgan fingerprint density at radius 3 is 2.43 bits per heavy atom. The van der Waals surface area contributed by atoms with Crippen LogP contribution in [0.4, 0.5) is 0 Å². The van der Waals surface area contributed by atoms with E-state index in [1.165, 1.54) is 13.2 Å². The largest absolute Gasteiger partial charge is 0.493 e. The van der Waals surface area contributed by atoms with Crippen LogP contribution in [-0.2, 0) is 9.59 Å². The summed E-state index contributed by atoms with van der Waals surface area (Å²) in [5.74, 6) is -0.515. The summed E-state index contributed by atoms with van der Waals surface area (Å²) in [6.45, 7) is 3.99. The second-order valence-electron chi connectivity index (χ2n) is 5.20. The maximum Gasteiger partial charge on any atom is 0.328 e. The summed E-state index contributed by atoms with van der Waals surface area (Å²) in [4.78, 5) is 22.7. The van der Waals surface area contributed by atoms with Crippen LogP contribution in [0.25, 0.3) is 5.57 Å². The summed E-state index contributed by atoms with van der Waals surface area (Å²) in [5.41, 5.74) is 1.46. The summed E-state index contributed by atoms with van der Waals surface area (Å²) in [7, 11) is 1.49. The van der Waals surface area contributed by atoms with Crippen LogP contribution in [0.15, 0.2) is 24.3 Å². The third kappa shape index (κ3) is 6.14. The van der Waals surface area contributed by atoms with Crippen LogP contribution in [0.5, 0.6) is 11.5 Å².